The number of hydrogen-bond donors (Lipinski definition) is 2. The van der Waals surface area contributed by atoms with Crippen molar-refractivity contribution in [2.24, 2.45) is 5.73 Å². The Morgan fingerprint density at radius 1 is 1.04 bits per heavy atom. The van der Waals surface area contributed by atoms with Gasteiger partial charge in [0.15, 0.2) is 0 Å². The minimum atomic E-state index is -0.426. The van der Waals surface area contributed by atoms with Gasteiger partial charge in [-0.1, -0.05) is 42.5 Å². The number of pyridine rings is 1. The maximum absolute atomic E-state index is 11.3. The molecule has 1 amide bonds. The van der Waals surface area contributed by atoms with Crippen LogP contribution in [0.2, 0.25) is 0 Å². The molecule has 26 heavy (non-hydrogen) atoms. The first-order valence-corrected chi connectivity index (χ1v) is 8.84. The zero-order chi connectivity index (χ0) is 17.9. The van der Waals surface area contributed by atoms with Crippen LogP contribution < -0.4 is 11.1 Å². The van der Waals surface area contributed by atoms with Gasteiger partial charge in [0.2, 0.25) is 5.91 Å². The summed E-state index contributed by atoms with van der Waals surface area (Å²) < 4.78 is 0. The van der Waals surface area contributed by atoms with Crippen molar-refractivity contribution in [2.45, 2.75) is 25.4 Å². The Bertz CT molecular complexity index is 909. The topological polar surface area (TPSA) is 68.0 Å². The van der Waals surface area contributed by atoms with E-state index in [0.29, 0.717) is 11.6 Å². The lowest BCUT2D eigenvalue weighted by molar-refractivity contribution is 0.100. The van der Waals surface area contributed by atoms with Crippen LogP contribution in [0.3, 0.4) is 0 Å². The van der Waals surface area contributed by atoms with Crippen molar-refractivity contribution < 1.29 is 4.79 Å². The van der Waals surface area contributed by atoms with Crippen molar-refractivity contribution in [3.8, 4) is 11.3 Å². The predicted molar refractivity (Wildman–Crippen MR) is 103 cm³/mol. The van der Waals surface area contributed by atoms with Crippen molar-refractivity contribution in [2.75, 3.05) is 0 Å². The largest absolute Gasteiger partial charge is 0.366 e. The molecule has 3 N–H and O–H groups in total. The number of carbonyl (C=O) groups is 1. The summed E-state index contributed by atoms with van der Waals surface area (Å²) in [5.41, 5.74) is 11.6. The fraction of sp³-hybridized carbons (Fsp3) is 0.182. The molecule has 0 atom stereocenters. The number of carbonyl (C=O) groups excluding carboxylic acids is 1. The minimum absolute atomic E-state index is 0.426. The van der Waals surface area contributed by atoms with Gasteiger partial charge < -0.3 is 11.1 Å². The van der Waals surface area contributed by atoms with Gasteiger partial charge in [0, 0.05) is 29.9 Å². The van der Waals surface area contributed by atoms with E-state index in [4.69, 9.17) is 5.73 Å². The van der Waals surface area contributed by atoms with E-state index in [1.165, 1.54) is 11.1 Å². The molecule has 1 aliphatic rings. The van der Waals surface area contributed by atoms with Gasteiger partial charge in [-0.2, -0.15) is 0 Å². The Morgan fingerprint density at radius 3 is 2.46 bits per heavy atom. The van der Waals surface area contributed by atoms with Crippen LogP contribution in [0.25, 0.3) is 11.3 Å². The average molecular weight is 343 g/mol. The highest BCUT2D eigenvalue weighted by Gasteiger charge is 2.20. The molecule has 0 aliphatic heterocycles. The molecule has 0 spiro atoms. The van der Waals surface area contributed by atoms with Gasteiger partial charge in [-0.25, -0.2) is 0 Å². The highest BCUT2D eigenvalue weighted by atomic mass is 16.1. The summed E-state index contributed by atoms with van der Waals surface area (Å²) in [5, 5.41) is 3.63. The molecule has 4 rings (SSSR count). The van der Waals surface area contributed by atoms with Gasteiger partial charge >= 0.3 is 0 Å². The Balaban J connectivity index is 1.39. The number of nitrogens with one attached hydrogen (secondary N) is 1. The van der Waals surface area contributed by atoms with Gasteiger partial charge in [-0.15, -0.1) is 0 Å². The predicted octanol–water partition coefficient (Wildman–Crippen LogP) is 3.10. The van der Waals surface area contributed by atoms with E-state index in [9.17, 15) is 4.79 Å². The number of amides is 1. The first-order chi connectivity index (χ1) is 12.7. The number of primary amides is 1. The molecule has 4 heteroatoms. The summed E-state index contributed by atoms with van der Waals surface area (Å²) in [4.78, 5) is 15.9. The van der Waals surface area contributed by atoms with E-state index in [2.05, 4.69) is 40.6 Å². The number of rotatable bonds is 5. The molecule has 3 aromatic rings. The second kappa shape index (κ2) is 7.10. The molecule has 0 bridgehead atoms. The van der Waals surface area contributed by atoms with Gasteiger partial charge in [-0.3, -0.25) is 9.78 Å². The minimum Gasteiger partial charge on any atom is -0.366 e. The number of aromatic nitrogens is 1. The lowest BCUT2D eigenvalue weighted by Crippen LogP contribution is -2.28. The van der Waals surface area contributed by atoms with Crippen LogP contribution in [0.5, 0.6) is 0 Å². The van der Waals surface area contributed by atoms with Crippen molar-refractivity contribution in [1.82, 2.24) is 10.3 Å². The van der Waals surface area contributed by atoms with E-state index in [-0.39, 0.29) is 0 Å². The Hall–Kier alpha value is -2.98. The van der Waals surface area contributed by atoms with Crippen molar-refractivity contribution in [3.63, 3.8) is 0 Å². The van der Waals surface area contributed by atoms with E-state index in [0.717, 1.165) is 36.2 Å². The number of nitrogens with two attached hydrogens (primary N) is 1. The molecule has 130 valence electrons. The van der Waals surface area contributed by atoms with Gasteiger partial charge in [0.1, 0.15) is 0 Å². The summed E-state index contributed by atoms with van der Waals surface area (Å²) in [6.07, 6.45) is 4.06. The van der Waals surface area contributed by atoms with Gasteiger partial charge in [0.05, 0.1) is 5.69 Å². The highest BCUT2D eigenvalue weighted by molar-refractivity contribution is 5.93. The molecule has 2 aromatic carbocycles. The number of benzene rings is 2. The second-order valence-corrected chi connectivity index (χ2v) is 6.75. The smallest absolute Gasteiger partial charge is 0.248 e. The van der Waals surface area contributed by atoms with Gasteiger partial charge in [-0.05, 0) is 47.7 Å². The SMILES string of the molecule is NC(=O)c1cccc(-c2ccc(CNC3Cc4ccccc4C3)cn2)c1. The Labute approximate surface area is 153 Å². The van der Waals surface area contributed by atoms with Crippen molar-refractivity contribution in [3.05, 3.63) is 89.1 Å². The van der Waals surface area contributed by atoms with E-state index < -0.39 is 5.91 Å². The molecule has 0 fully saturated rings. The Morgan fingerprint density at radius 2 is 1.81 bits per heavy atom. The second-order valence-electron chi connectivity index (χ2n) is 6.75. The first kappa shape index (κ1) is 16.5. The highest BCUT2D eigenvalue weighted by Crippen LogP contribution is 2.22. The summed E-state index contributed by atoms with van der Waals surface area (Å²) >= 11 is 0. The number of hydrogen-bond acceptors (Lipinski definition) is 3. The summed E-state index contributed by atoms with van der Waals surface area (Å²) in [6.45, 7) is 0.799. The van der Waals surface area contributed by atoms with Gasteiger partial charge in [0.25, 0.3) is 0 Å². The van der Waals surface area contributed by atoms with Crippen LogP contribution in [0.15, 0.2) is 66.9 Å². The third-order valence-corrected chi connectivity index (χ3v) is 4.91. The maximum atomic E-state index is 11.3. The molecule has 0 unspecified atom stereocenters. The standard InChI is InChI=1S/C22H21N3O/c23-22(26)19-7-3-6-18(10-19)21-9-8-15(14-25-21)13-24-20-11-16-4-1-2-5-17(16)12-20/h1-10,14,20,24H,11-13H2,(H2,23,26). The lowest BCUT2D eigenvalue weighted by atomic mass is 10.1. The van der Waals surface area contributed by atoms with Crippen molar-refractivity contribution >= 4 is 5.91 Å². The van der Waals surface area contributed by atoms with E-state index in [1.807, 2.05) is 24.4 Å². The van der Waals surface area contributed by atoms with Crippen LogP contribution in [0.4, 0.5) is 0 Å². The molecule has 1 heterocycles. The average Bonchev–Trinajstić information content (AvgIpc) is 3.10. The van der Waals surface area contributed by atoms with Crippen LogP contribution >= 0.6 is 0 Å². The van der Waals surface area contributed by atoms with Crippen LogP contribution in [-0.2, 0) is 19.4 Å². The molecular formula is C22H21N3O. The zero-order valence-electron chi connectivity index (χ0n) is 14.5. The van der Waals surface area contributed by atoms with Crippen molar-refractivity contribution in [1.29, 1.82) is 0 Å². The van der Waals surface area contributed by atoms with E-state index in [1.54, 1.807) is 12.1 Å². The van der Waals surface area contributed by atoms with Crippen LogP contribution in [0.1, 0.15) is 27.0 Å². The quantitative estimate of drug-likeness (QED) is 0.748. The third kappa shape index (κ3) is 3.51. The molecular weight excluding hydrogens is 322 g/mol. The van der Waals surface area contributed by atoms with Crippen LogP contribution in [0, 0.1) is 0 Å². The molecule has 0 radical (unpaired) electrons. The molecule has 1 aliphatic carbocycles. The summed E-state index contributed by atoms with van der Waals surface area (Å²) in [6, 6.07) is 20.4. The van der Waals surface area contributed by atoms with Crippen LogP contribution in [-0.4, -0.2) is 16.9 Å². The normalized spacial score (nSPS) is 13.5. The Kier molecular flexibility index (Phi) is 4.50. The number of fused-ring (bicyclic) bond motifs is 1. The molecule has 0 saturated carbocycles. The maximum Gasteiger partial charge on any atom is 0.248 e. The fourth-order valence-corrected chi connectivity index (χ4v) is 3.50. The fourth-order valence-electron chi connectivity index (χ4n) is 3.50. The molecule has 0 saturated heterocycles. The summed E-state index contributed by atoms with van der Waals surface area (Å²) in [5.74, 6) is -0.426. The molecule has 1 aromatic heterocycles. The lowest BCUT2D eigenvalue weighted by Gasteiger charge is -2.12. The number of nitrogens with zero attached hydrogens (tertiary/aromatic N) is 1. The summed E-state index contributed by atoms with van der Waals surface area (Å²) in [7, 11) is 0. The zero-order valence-corrected chi connectivity index (χ0v) is 14.5. The monoisotopic (exact) mass is 343 g/mol. The third-order valence-electron chi connectivity index (χ3n) is 4.91. The van der Waals surface area contributed by atoms with E-state index >= 15 is 0 Å². The first-order valence-electron chi connectivity index (χ1n) is 8.84. The molecule has 4 nitrogen and oxygen atoms in total.